The molecule has 20 heavy (non-hydrogen) atoms. The molecule has 0 N–H and O–H groups in total. The number of alkyl halides is 1. The Morgan fingerprint density at radius 1 is 1.40 bits per heavy atom. The Morgan fingerprint density at radius 3 is 2.55 bits per heavy atom. The number of hydrogen-bond acceptors (Lipinski definition) is 2. The third kappa shape index (κ3) is 3.27. The van der Waals surface area contributed by atoms with Gasteiger partial charge in [-0.1, -0.05) is 18.5 Å². The van der Waals surface area contributed by atoms with Gasteiger partial charge in [-0.2, -0.15) is 4.31 Å². The summed E-state index contributed by atoms with van der Waals surface area (Å²) in [6, 6.07) is 2.50. The van der Waals surface area contributed by atoms with Crippen molar-refractivity contribution in [2.45, 2.75) is 30.5 Å². The lowest BCUT2D eigenvalue weighted by atomic mass is 10.2. The zero-order valence-electron chi connectivity index (χ0n) is 11.1. The SMILES string of the molecule is CCN(CC1CC1)S(=O)(=O)c1cc(Cl)cc(CCl)c1F. The second kappa shape index (κ2) is 6.18. The highest BCUT2D eigenvalue weighted by Crippen LogP contribution is 2.33. The molecular formula is C13H16Cl2FNO2S. The van der Waals surface area contributed by atoms with Crippen LogP contribution in [0, 0.1) is 11.7 Å². The van der Waals surface area contributed by atoms with E-state index in [0.29, 0.717) is 19.0 Å². The third-order valence-electron chi connectivity index (χ3n) is 3.35. The van der Waals surface area contributed by atoms with Crippen LogP contribution in [0.25, 0.3) is 0 Å². The number of benzene rings is 1. The molecule has 0 unspecified atom stereocenters. The number of rotatable bonds is 6. The van der Waals surface area contributed by atoms with Crippen molar-refractivity contribution in [2.24, 2.45) is 5.92 Å². The molecule has 0 atom stereocenters. The second-order valence-electron chi connectivity index (χ2n) is 4.91. The summed E-state index contributed by atoms with van der Waals surface area (Å²) in [5, 5.41) is 0.170. The van der Waals surface area contributed by atoms with Gasteiger partial charge in [-0.15, -0.1) is 11.6 Å². The molecule has 0 spiro atoms. The van der Waals surface area contributed by atoms with Gasteiger partial charge in [0.2, 0.25) is 10.0 Å². The summed E-state index contributed by atoms with van der Waals surface area (Å²) in [5.74, 6) is -0.540. The lowest BCUT2D eigenvalue weighted by molar-refractivity contribution is 0.408. The third-order valence-corrected chi connectivity index (χ3v) is 5.80. The normalized spacial score (nSPS) is 15.8. The Bertz CT molecular complexity index is 603. The minimum absolute atomic E-state index is 0.0974. The lowest BCUT2D eigenvalue weighted by Crippen LogP contribution is -2.33. The van der Waals surface area contributed by atoms with Crippen LogP contribution in [-0.4, -0.2) is 25.8 Å². The first-order valence-corrected chi connectivity index (χ1v) is 8.79. The molecule has 0 aromatic heterocycles. The molecule has 1 aliphatic rings. The van der Waals surface area contributed by atoms with Gasteiger partial charge in [0.1, 0.15) is 10.7 Å². The maximum atomic E-state index is 14.2. The van der Waals surface area contributed by atoms with Gasteiger partial charge in [-0.3, -0.25) is 0 Å². The van der Waals surface area contributed by atoms with E-state index >= 15 is 0 Å². The molecule has 0 amide bonds. The van der Waals surface area contributed by atoms with Crippen LogP contribution in [-0.2, 0) is 15.9 Å². The van der Waals surface area contributed by atoms with Crippen LogP contribution in [0.15, 0.2) is 17.0 Å². The summed E-state index contributed by atoms with van der Waals surface area (Å²) in [6.07, 6.45) is 2.05. The summed E-state index contributed by atoms with van der Waals surface area (Å²) in [6.45, 7) is 2.48. The maximum absolute atomic E-state index is 14.2. The van der Waals surface area contributed by atoms with E-state index in [9.17, 15) is 12.8 Å². The van der Waals surface area contributed by atoms with E-state index in [1.54, 1.807) is 6.92 Å². The molecule has 1 saturated carbocycles. The van der Waals surface area contributed by atoms with E-state index in [1.807, 2.05) is 0 Å². The van der Waals surface area contributed by atoms with Gasteiger partial charge in [0.15, 0.2) is 0 Å². The van der Waals surface area contributed by atoms with Crippen LogP contribution in [0.3, 0.4) is 0 Å². The van der Waals surface area contributed by atoms with Crippen LogP contribution in [0.2, 0.25) is 5.02 Å². The molecule has 0 saturated heterocycles. The number of hydrogen-bond donors (Lipinski definition) is 0. The Morgan fingerprint density at radius 2 is 2.05 bits per heavy atom. The van der Waals surface area contributed by atoms with Gasteiger partial charge >= 0.3 is 0 Å². The van der Waals surface area contributed by atoms with Gasteiger partial charge in [0, 0.05) is 23.7 Å². The highest BCUT2D eigenvalue weighted by Gasteiger charge is 2.33. The van der Waals surface area contributed by atoms with Crippen molar-refractivity contribution in [3.8, 4) is 0 Å². The number of sulfonamides is 1. The predicted octanol–water partition coefficient (Wildman–Crippen LogP) is 3.64. The first-order valence-electron chi connectivity index (χ1n) is 6.44. The average molecular weight is 340 g/mol. The van der Waals surface area contributed by atoms with Crippen molar-refractivity contribution >= 4 is 33.2 Å². The average Bonchev–Trinajstić information content (AvgIpc) is 3.21. The molecule has 0 aliphatic heterocycles. The molecule has 112 valence electrons. The van der Waals surface area contributed by atoms with Crippen molar-refractivity contribution in [3.63, 3.8) is 0 Å². The van der Waals surface area contributed by atoms with Crippen LogP contribution < -0.4 is 0 Å². The fourth-order valence-corrected chi connectivity index (χ4v) is 4.19. The summed E-state index contributed by atoms with van der Waals surface area (Å²) in [7, 11) is -3.88. The summed E-state index contributed by atoms with van der Waals surface area (Å²) in [5.41, 5.74) is 0.0974. The molecule has 0 radical (unpaired) electrons. The largest absolute Gasteiger partial charge is 0.246 e. The minimum Gasteiger partial charge on any atom is -0.207 e. The van der Waals surface area contributed by atoms with Crippen LogP contribution in [0.4, 0.5) is 4.39 Å². The second-order valence-corrected chi connectivity index (χ2v) is 7.52. The highest BCUT2D eigenvalue weighted by atomic mass is 35.5. The van der Waals surface area contributed by atoms with Crippen LogP contribution in [0.1, 0.15) is 25.3 Å². The number of halogens is 3. The Hall–Kier alpha value is -0.360. The Balaban J connectivity index is 2.44. The molecule has 1 fully saturated rings. The Kier molecular flexibility index (Phi) is 4.95. The Labute approximate surface area is 128 Å². The van der Waals surface area contributed by atoms with Gasteiger partial charge in [0.25, 0.3) is 0 Å². The van der Waals surface area contributed by atoms with Crippen molar-refractivity contribution in [1.29, 1.82) is 0 Å². The van der Waals surface area contributed by atoms with Crippen molar-refractivity contribution in [3.05, 3.63) is 28.5 Å². The van der Waals surface area contributed by atoms with Gasteiger partial charge in [-0.05, 0) is 30.9 Å². The summed E-state index contributed by atoms with van der Waals surface area (Å²) in [4.78, 5) is -0.386. The minimum atomic E-state index is -3.88. The highest BCUT2D eigenvalue weighted by molar-refractivity contribution is 7.89. The monoisotopic (exact) mass is 339 g/mol. The molecule has 1 aromatic carbocycles. The van der Waals surface area contributed by atoms with E-state index in [1.165, 1.54) is 10.4 Å². The molecule has 2 rings (SSSR count). The summed E-state index contributed by atoms with van der Waals surface area (Å²) >= 11 is 11.5. The van der Waals surface area contributed by atoms with Gasteiger partial charge < -0.3 is 0 Å². The number of nitrogens with zero attached hydrogens (tertiary/aromatic N) is 1. The molecule has 1 aliphatic carbocycles. The standard InChI is InChI=1S/C13H16Cl2FNO2S/c1-2-17(8-9-3-4-9)20(18,19)12-6-11(15)5-10(7-14)13(12)16/h5-6,9H,2-4,7-8H2,1H3. The fraction of sp³-hybridized carbons (Fsp3) is 0.538. The molecular weight excluding hydrogens is 324 g/mol. The zero-order chi connectivity index (χ0) is 14.9. The van der Waals surface area contributed by atoms with E-state index in [-0.39, 0.29) is 21.4 Å². The molecule has 1 aromatic rings. The molecule has 0 heterocycles. The van der Waals surface area contributed by atoms with Crippen LogP contribution >= 0.6 is 23.2 Å². The first kappa shape index (κ1) is 16.0. The molecule has 3 nitrogen and oxygen atoms in total. The smallest absolute Gasteiger partial charge is 0.207 e. The van der Waals surface area contributed by atoms with E-state index in [2.05, 4.69) is 0 Å². The fourth-order valence-electron chi connectivity index (χ4n) is 2.03. The van der Waals surface area contributed by atoms with Crippen molar-refractivity contribution < 1.29 is 12.8 Å². The predicted molar refractivity (Wildman–Crippen MR) is 78.1 cm³/mol. The quantitative estimate of drug-likeness (QED) is 0.742. The van der Waals surface area contributed by atoms with Crippen LogP contribution in [0.5, 0.6) is 0 Å². The van der Waals surface area contributed by atoms with Gasteiger partial charge in [0.05, 0.1) is 5.88 Å². The lowest BCUT2D eigenvalue weighted by Gasteiger charge is -2.21. The van der Waals surface area contributed by atoms with E-state index in [4.69, 9.17) is 23.2 Å². The van der Waals surface area contributed by atoms with Crippen molar-refractivity contribution in [1.82, 2.24) is 4.31 Å². The summed E-state index contributed by atoms with van der Waals surface area (Å²) < 4.78 is 40.7. The first-order chi connectivity index (χ1) is 9.40. The maximum Gasteiger partial charge on any atom is 0.246 e. The topological polar surface area (TPSA) is 37.4 Å². The van der Waals surface area contributed by atoms with Crippen molar-refractivity contribution in [2.75, 3.05) is 13.1 Å². The van der Waals surface area contributed by atoms with E-state index in [0.717, 1.165) is 18.9 Å². The zero-order valence-corrected chi connectivity index (χ0v) is 13.4. The van der Waals surface area contributed by atoms with E-state index < -0.39 is 15.8 Å². The molecule has 0 bridgehead atoms. The molecule has 7 heteroatoms. The van der Waals surface area contributed by atoms with Gasteiger partial charge in [-0.25, -0.2) is 12.8 Å².